The van der Waals surface area contributed by atoms with E-state index in [1.54, 1.807) is 37.3 Å². The van der Waals surface area contributed by atoms with E-state index in [1.807, 2.05) is 30.3 Å². The molecule has 0 aliphatic heterocycles. The Bertz CT molecular complexity index is 989. The van der Waals surface area contributed by atoms with Gasteiger partial charge in [-0.15, -0.1) is 0 Å². The Labute approximate surface area is 161 Å². The molecule has 1 N–H and O–H groups in total. The van der Waals surface area contributed by atoms with Crippen LogP contribution in [0.2, 0.25) is 0 Å². The smallest absolute Gasteiger partial charge is 0.276 e. The zero-order valence-electron chi connectivity index (χ0n) is 15.1. The molecule has 0 aliphatic carbocycles. The van der Waals surface area contributed by atoms with Crippen molar-refractivity contribution < 1.29 is 19.2 Å². The molecule has 0 radical (unpaired) electrons. The standard InChI is InChI=1S/C21H18N2O5/c1-15-18(23(25)26)11-7-13-19(15)27-14-21(24)22-17-10-5-6-12-20(17)28-16-8-3-2-4-9-16/h2-13H,14H2,1H3,(H,22,24). The number of nitrogens with one attached hydrogen (secondary N) is 1. The van der Waals surface area contributed by atoms with Gasteiger partial charge in [0, 0.05) is 6.07 Å². The molecular formula is C21H18N2O5. The second kappa shape index (κ2) is 8.68. The summed E-state index contributed by atoms with van der Waals surface area (Å²) >= 11 is 0. The van der Waals surface area contributed by atoms with Crippen LogP contribution in [0.3, 0.4) is 0 Å². The fourth-order valence-corrected chi connectivity index (χ4v) is 2.56. The topological polar surface area (TPSA) is 90.7 Å². The molecule has 0 aromatic heterocycles. The first kappa shape index (κ1) is 18.9. The number of nitro benzene ring substituents is 1. The molecular weight excluding hydrogens is 360 g/mol. The minimum atomic E-state index is -0.487. The second-order valence-electron chi connectivity index (χ2n) is 5.91. The van der Waals surface area contributed by atoms with Gasteiger partial charge in [-0.2, -0.15) is 0 Å². The quantitative estimate of drug-likeness (QED) is 0.475. The normalized spacial score (nSPS) is 10.2. The number of nitrogens with zero attached hydrogens (tertiary/aromatic N) is 1. The number of anilines is 1. The summed E-state index contributed by atoms with van der Waals surface area (Å²) in [5, 5.41) is 13.7. The van der Waals surface area contributed by atoms with E-state index in [0.717, 1.165) is 0 Å². The van der Waals surface area contributed by atoms with Gasteiger partial charge < -0.3 is 14.8 Å². The monoisotopic (exact) mass is 378 g/mol. The Balaban J connectivity index is 1.66. The summed E-state index contributed by atoms with van der Waals surface area (Å²) in [6.45, 7) is 1.29. The summed E-state index contributed by atoms with van der Waals surface area (Å²) < 4.78 is 11.3. The molecule has 3 aromatic carbocycles. The number of para-hydroxylation sites is 3. The van der Waals surface area contributed by atoms with E-state index in [9.17, 15) is 14.9 Å². The van der Waals surface area contributed by atoms with E-state index < -0.39 is 10.8 Å². The van der Waals surface area contributed by atoms with Crippen molar-refractivity contribution in [2.75, 3.05) is 11.9 Å². The van der Waals surface area contributed by atoms with Crippen LogP contribution >= 0.6 is 0 Å². The van der Waals surface area contributed by atoms with E-state index in [0.29, 0.717) is 22.7 Å². The number of carbonyl (C=O) groups is 1. The van der Waals surface area contributed by atoms with Gasteiger partial charge in [0.15, 0.2) is 12.4 Å². The van der Waals surface area contributed by atoms with Crippen LogP contribution in [0.1, 0.15) is 5.56 Å². The minimum Gasteiger partial charge on any atom is -0.483 e. The summed E-state index contributed by atoms with van der Waals surface area (Å²) in [6, 6.07) is 20.7. The fraction of sp³-hybridized carbons (Fsp3) is 0.0952. The van der Waals surface area contributed by atoms with Crippen LogP contribution in [0.15, 0.2) is 72.8 Å². The highest BCUT2D eigenvalue weighted by Gasteiger charge is 2.15. The summed E-state index contributed by atoms with van der Waals surface area (Å²) in [7, 11) is 0. The van der Waals surface area contributed by atoms with Crippen molar-refractivity contribution in [3.05, 3.63) is 88.5 Å². The predicted molar refractivity (Wildman–Crippen MR) is 105 cm³/mol. The number of nitro groups is 1. The average molecular weight is 378 g/mol. The molecule has 3 aromatic rings. The number of hydrogen-bond acceptors (Lipinski definition) is 5. The van der Waals surface area contributed by atoms with E-state index in [-0.39, 0.29) is 18.0 Å². The highest BCUT2D eigenvalue weighted by Crippen LogP contribution is 2.29. The largest absolute Gasteiger partial charge is 0.483 e. The highest BCUT2D eigenvalue weighted by molar-refractivity contribution is 5.93. The minimum absolute atomic E-state index is 0.0560. The molecule has 0 spiro atoms. The Hall–Kier alpha value is -3.87. The van der Waals surface area contributed by atoms with Gasteiger partial charge in [0.05, 0.1) is 16.2 Å². The summed E-state index contributed by atoms with van der Waals surface area (Å²) in [4.78, 5) is 22.8. The van der Waals surface area contributed by atoms with Crippen LogP contribution < -0.4 is 14.8 Å². The van der Waals surface area contributed by atoms with Gasteiger partial charge in [0.1, 0.15) is 11.5 Å². The number of amides is 1. The van der Waals surface area contributed by atoms with Gasteiger partial charge in [0.2, 0.25) is 0 Å². The molecule has 0 saturated heterocycles. The number of hydrogen-bond donors (Lipinski definition) is 1. The highest BCUT2D eigenvalue weighted by atomic mass is 16.6. The summed E-state index contributed by atoms with van der Waals surface area (Å²) in [6.07, 6.45) is 0. The maximum absolute atomic E-state index is 12.3. The van der Waals surface area contributed by atoms with Gasteiger partial charge in [0.25, 0.3) is 11.6 Å². The molecule has 0 heterocycles. The van der Waals surface area contributed by atoms with Crippen molar-refractivity contribution in [3.63, 3.8) is 0 Å². The Morgan fingerprint density at radius 1 is 0.964 bits per heavy atom. The summed E-state index contributed by atoms with van der Waals surface area (Å²) in [5.41, 5.74) is 0.809. The van der Waals surface area contributed by atoms with Crippen LogP contribution in [-0.4, -0.2) is 17.4 Å². The van der Waals surface area contributed by atoms with Crippen molar-refractivity contribution in [2.24, 2.45) is 0 Å². The summed E-state index contributed by atoms with van der Waals surface area (Å²) in [5.74, 6) is 1.02. The van der Waals surface area contributed by atoms with E-state index in [4.69, 9.17) is 9.47 Å². The van der Waals surface area contributed by atoms with Gasteiger partial charge in [-0.3, -0.25) is 14.9 Å². The van der Waals surface area contributed by atoms with E-state index in [1.165, 1.54) is 12.1 Å². The zero-order valence-corrected chi connectivity index (χ0v) is 15.1. The van der Waals surface area contributed by atoms with Crippen molar-refractivity contribution in [2.45, 2.75) is 6.92 Å². The lowest BCUT2D eigenvalue weighted by atomic mass is 10.2. The number of carbonyl (C=O) groups excluding carboxylic acids is 1. The molecule has 0 saturated carbocycles. The SMILES string of the molecule is Cc1c(OCC(=O)Nc2ccccc2Oc2ccccc2)cccc1[N+](=O)[O-]. The second-order valence-corrected chi connectivity index (χ2v) is 5.91. The molecule has 0 fully saturated rings. The van der Waals surface area contributed by atoms with E-state index in [2.05, 4.69) is 5.32 Å². The van der Waals surface area contributed by atoms with Crippen molar-refractivity contribution in [1.82, 2.24) is 0 Å². The lowest BCUT2D eigenvalue weighted by molar-refractivity contribution is -0.385. The van der Waals surface area contributed by atoms with Crippen molar-refractivity contribution in [3.8, 4) is 17.2 Å². The third-order valence-electron chi connectivity index (χ3n) is 3.94. The number of benzene rings is 3. The number of ether oxygens (including phenoxy) is 2. The van der Waals surface area contributed by atoms with Gasteiger partial charge in [-0.25, -0.2) is 0 Å². The van der Waals surface area contributed by atoms with Crippen molar-refractivity contribution >= 4 is 17.3 Å². The molecule has 0 aliphatic rings. The van der Waals surface area contributed by atoms with Gasteiger partial charge in [-0.1, -0.05) is 36.4 Å². The first-order valence-electron chi connectivity index (χ1n) is 8.53. The van der Waals surface area contributed by atoms with Crippen LogP contribution in [0.5, 0.6) is 17.2 Å². The predicted octanol–water partition coefficient (Wildman–Crippen LogP) is 4.71. The molecule has 1 amide bonds. The van der Waals surface area contributed by atoms with Crippen LogP contribution in [0, 0.1) is 17.0 Å². The first-order valence-corrected chi connectivity index (χ1v) is 8.53. The molecule has 0 bridgehead atoms. The van der Waals surface area contributed by atoms with Crippen LogP contribution in [0.25, 0.3) is 0 Å². The Morgan fingerprint density at radius 3 is 2.39 bits per heavy atom. The van der Waals surface area contributed by atoms with Crippen molar-refractivity contribution in [1.29, 1.82) is 0 Å². The first-order chi connectivity index (χ1) is 13.5. The van der Waals surface area contributed by atoms with Crippen LogP contribution in [-0.2, 0) is 4.79 Å². The molecule has 3 rings (SSSR count). The van der Waals surface area contributed by atoms with Gasteiger partial charge in [-0.05, 0) is 37.3 Å². The Morgan fingerprint density at radius 2 is 1.64 bits per heavy atom. The Kier molecular flexibility index (Phi) is 5.86. The maximum atomic E-state index is 12.3. The zero-order chi connectivity index (χ0) is 19.9. The lowest BCUT2D eigenvalue weighted by Crippen LogP contribution is -2.20. The third-order valence-corrected chi connectivity index (χ3v) is 3.94. The third kappa shape index (κ3) is 4.64. The van der Waals surface area contributed by atoms with Crippen LogP contribution in [0.4, 0.5) is 11.4 Å². The average Bonchev–Trinajstić information content (AvgIpc) is 2.69. The molecule has 7 heteroatoms. The molecule has 142 valence electrons. The fourth-order valence-electron chi connectivity index (χ4n) is 2.56. The van der Waals surface area contributed by atoms with Gasteiger partial charge >= 0.3 is 0 Å². The lowest BCUT2D eigenvalue weighted by Gasteiger charge is -2.13. The number of rotatable bonds is 7. The maximum Gasteiger partial charge on any atom is 0.276 e. The molecule has 28 heavy (non-hydrogen) atoms. The molecule has 7 nitrogen and oxygen atoms in total. The molecule has 0 atom stereocenters. The van der Waals surface area contributed by atoms with E-state index >= 15 is 0 Å². The molecule has 0 unspecified atom stereocenters.